The molecule has 102 valence electrons. The van der Waals surface area contributed by atoms with Crippen LogP contribution in [0.25, 0.3) is 10.2 Å². The third-order valence-corrected chi connectivity index (χ3v) is 5.00. The smallest absolute Gasteiger partial charge is 0.263 e. The summed E-state index contributed by atoms with van der Waals surface area (Å²) in [6.07, 6.45) is 3.12. The maximum Gasteiger partial charge on any atom is 0.263 e. The van der Waals surface area contributed by atoms with E-state index in [1.165, 1.54) is 4.88 Å². The summed E-state index contributed by atoms with van der Waals surface area (Å²) in [5.41, 5.74) is 0.00481. The Labute approximate surface area is 120 Å². The predicted octanol–water partition coefficient (Wildman–Crippen LogP) is 2.86. The number of hydrogen-bond donors (Lipinski definition) is 1. The van der Waals surface area contributed by atoms with Crippen molar-refractivity contribution in [2.24, 2.45) is 0 Å². The Balaban J connectivity index is 2.08. The van der Waals surface area contributed by atoms with Gasteiger partial charge in [-0.3, -0.25) is 9.36 Å². The Hall–Kier alpha value is -0.980. The molecule has 1 N–H and O–H groups in total. The van der Waals surface area contributed by atoms with Gasteiger partial charge < -0.3 is 9.72 Å². The molecule has 1 saturated heterocycles. The van der Waals surface area contributed by atoms with Crippen LogP contribution in [0.3, 0.4) is 0 Å². The molecule has 0 amide bonds. The lowest BCUT2D eigenvalue weighted by atomic mass is 10.2. The zero-order valence-corrected chi connectivity index (χ0v) is 12.4. The largest absolute Gasteiger partial charge is 0.376 e. The normalized spacial score (nSPS) is 19.3. The monoisotopic (exact) mass is 296 g/mol. The number of thiophene rings is 1. The molecule has 6 heteroatoms. The molecule has 0 bridgehead atoms. The van der Waals surface area contributed by atoms with Gasteiger partial charge in [-0.15, -0.1) is 11.3 Å². The molecule has 1 aliphatic heterocycles. The number of hydrogen-bond acceptors (Lipinski definition) is 4. The van der Waals surface area contributed by atoms with Crippen LogP contribution in [0.4, 0.5) is 0 Å². The van der Waals surface area contributed by atoms with Crippen LogP contribution in [-0.2, 0) is 17.7 Å². The molecule has 0 aromatic carbocycles. The van der Waals surface area contributed by atoms with E-state index < -0.39 is 0 Å². The second-order valence-electron chi connectivity index (χ2n) is 4.79. The van der Waals surface area contributed by atoms with Crippen LogP contribution in [0.1, 0.15) is 24.6 Å². The maximum absolute atomic E-state index is 12.5. The van der Waals surface area contributed by atoms with E-state index in [0.29, 0.717) is 11.3 Å². The van der Waals surface area contributed by atoms with Crippen molar-refractivity contribution in [3.05, 3.63) is 26.1 Å². The van der Waals surface area contributed by atoms with E-state index in [-0.39, 0.29) is 11.7 Å². The molecule has 3 heterocycles. The van der Waals surface area contributed by atoms with E-state index >= 15 is 0 Å². The SMILES string of the molecule is CCc1cc2c(=O)n(C[C@H]3CCCO3)c(=S)[nH]c2s1. The minimum absolute atomic E-state index is 0.00481. The Morgan fingerprint density at radius 2 is 2.47 bits per heavy atom. The number of rotatable bonds is 3. The van der Waals surface area contributed by atoms with Crippen LogP contribution in [0.2, 0.25) is 0 Å². The fraction of sp³-hybridized carbons (Fsp3) is 0.538. The van der Waals surface area contributed by atoms with Crippen molar-refractivity contribution in [1.82, 2.24) is 9.55 Å². The van der Waals surface area contributed by atoms with Crippen LogP contribution >= 0.6 is 23.6 Å². The molecule has 1 atom stereocenters. The number of aromatic amines is 1. The standard InChI is InChI=1S/C13H16N2O2S2/c1-2-9-6-10-11(19-9)14-13(18)15(12(10)16)7-8-4-3-5-17-8/h6,8H,2-5,7H2,1H3,(H,14,18)/t8-/m1/s1. The van der Waals surface area contributed by atoms with E-state index in [0.717, 1.165) is 36.1 Å². The molecule has 19 heavy (non-hydrogen) atoms. The lowest BCUT2D eigenvalue weighted by Gasteiger charge is -2.11. The number of ether oxygens (including phenoxy) is 1. The Bertz CT molecular complexity index is 707. The molecule has 0 aliphatic carbocycles. The first-order valence-corrected chi connectivity index (χ1v) is 7.78. The van der Waals surface area contributed by atoms with Crippen molar-refractivity contribution in [3.8, 4) is 0 Å². The molecular formula is C13H16N2O2S2. The average molecular weight is 296 g/mol. The average Bonchev–Trinajstić information content (AvgIpc) is 3.03. The van der Waals surface area contributed by atoms with Gasteiger partial charge in [0.05, 0.1) is 18.0 Å². The Morgan fingerprint density at radius 1 is 1.63 bits per heavy atom. The second-order valence-corrected chi connectivity index (χ2v) is 6.31. The molecule has 2 aromatic rings. The fourth-order valence-corrected chi connectivity index (χ4v) is 3.74. The summed E-state index contributed by atoms with van der Waals surface area (Å²) >= 11 is 6.92. The molecule has 4 nitrogen and oxygen atoms in total. The third kappa shape index (κ3) is 2.40. The van der Waals surface area contributed by atoms with Crippen molar-refractivity contribution < 1.29 is 4.74 Å². The molecule has 0 saturated carbocycles. The first kappa shape index (κ1) is 13.0. The van der Waals surface area contributed by atoms with Crippen molar-refractivity contribution in [2.45, 2.75) is 38.8 Å². The molecule has 1 aliphatic rings. The number of nitrogens with zero attached hydrogens (tertiary/aromatic N) is 1. The van der Waals surface area contributed by atoms with Gasteiger partial charge in [0, 0.05) is 11.5 Å². The molecule has 2 aromatic heterocycles. The van der Waals surface area contributed by atoms with Crippen molar-refractivity contribution in [1.29, 1.82) is 0 Å². The highest BCUT2D eigenvalue weighted by molar-refractivity contribution is 7.71. The van der Waals surface area contributed by atoms with E-state index in [1.54, 1.807) is 15.9 Å². The molecule has 1 fully saturated rings. The zero-order valence-electron chi connectivity index (χ0n) is 10.8. The topological polar surface area (TPSA) is 47.0 Å². The number of H-pyrrole nitrogens is 1. The first-order chi connectivity index (χ1) is 9.19. The first-order valence-electron chi connectivity index (χ1n) is 6.56. The summed E-state index contributed by atoms with van der Waals surface area (Å²) in [6, 6.07) is 1.97. The van der Waals surface area contributed by atoms with Gasteiger partial charge in [-0.1, -0.05) is 6.92 Å². The maximum atomic E-state index is 12.5. The molecule has 0 radical (unpaired) electrons. The van der Waals surface area contributed by atoms with Gasteiger partial charge in [-0.25, -0.2) is 0 Å². The summed E-state index contributed by atoms with van der Waals surface area (Å²) in [5, 5.41) is 0.744. The van der Waals surface area contributed by atoms with Crippen molar-refractivity contribution >= 4 is 33.8 Å². The summed E-state index contributed by atoms with van der Waals surface area (Å²) < 4.78 is 7.72. The van der Waals surface area contributed by atoms with Crippen molar-refractivity contribution in [2.75, 3.05) is 6.61 Å². The van der Waals surface area contributed by atoms with Crippen LogP contribution in [0.15, 0.2) is 10.9 Å². The number of aryl methyl sites for hydroxylation is 1. The van der Waals surface area contributed by atoms with Gasteiger partial charge in [-0.2, -0.15) is 0 Å². The number of aromatic nitrogens is 2. The van der Waals surface area contributed by atoms with Crippen LogP contribution in [-0.4, -0.2) is 22.3 Å². The van der Waals surface area contributed by atoms with Gasteiger partial charge in [0.15, 0.2) is 4.77 Å². The number of nitrogens with one attached hydrogen (secondary N) is 1. The van der Waals surface area contributed by atoms with Gasteiger partial charge in [0.1, 0.15) is 4.83 Å². The molecule has 0 spiro atoms. The minimum Gasteiger partial charge on any atom is -0.376 e. The third-order valence-electron chi connectivity index (χ3n) is 3.48. The van der Waals surface area contributed by atoms with Crippen LogP contribution < -0.4 is 5.56 Å². The highest BCUT2D eigenvalue weighted by Crippen LogP contribution is 2.22. The summed E-state index contributed by atoms with van der Waals surface area (Å²) in [6.45, 7) is 3.43. The lowest BCUT2D eigenvalue weighted by Crippen LogP contribution is -2.27. The van der Waals surface area contributed by atoms with E-state index in [1.807, 2.05) is 6.07 Å². The van der Waals surface area contributed by atoms with E-state index in [2.05, 4.69) is 11.9 Å². The van der Waals surface area contributed by atoms with Gasteiger partial charge in [-0.05, 0) is 37.5 Å². The summed E-state index contributed by atoms with van der Waals surface area (Å²) in [7, 11) is 0. The predicted molar refractivity (Wildman–Crippen MR) is 79.6 cm³/mol. The summed E-state index contributed by atoms with van der Waals surface area (Å²) in [5.74, 6) is 0. The van der Waals surface area contributed by atoms with E-state index in [4.69, 9.17) is 17.0 Å². The van der Waals surface area contributed by atoms with Gasteiger partial charge in [0.25, 0.3) is 5.56 Å². The Morgan fingerprint density at radius 3 is 3.16 bits per heavy atom. The minimum atomic E-state index is 0.00481. The molecular weight excluding hydrogens is 280 g/mol. The molecule has 0 unspecified atom stereocenters. The highest BCUT2D eigenvalue weighted by atomic mass is 32.1. The molecule has 3 rings (SSSR count). The van der Waals surface area contributed by atoms with Crippen LogP contribution in [0.5, 0.6) is 0 Å². The quantitative estimate of drug-likeness (QED) is 0.886. The lowest BCUT2D eigenvalue weighted by molar-refractivity contribution is 0.0957. The summed E-state index contributed by atoms with van der Waals surface area (Å²) in [4.78, 5) is 17.7. The van der Waals surface area contributed by atoms with E-state index in [9.17, 15) is 4.79 Å². The highest BCUT2D eigenvalue weighted by Gasteiger charge is 2.18. The Kier molecular flexibility index (Phi) is 3.56. The van der Waals surface area contributed by atoms with Gasteiger partial charge in [0.2, 0.25) is 0 Å². The van der Waals surface area contributed by atoms with Crippen molar-refractivity contribution in [3.63, 3.8) is 0 Å². The number of fused-ring (bicyclic) bond motifs is 1. The van der Waals surface area contributed by atoms with Crippen LogP contribution in [0, 0.1) is 4.77 Å². The van der Waals surface area contributed by atoms with Gasteiger partial charge >= 0.3 is 0 Å². The fourth-order valence-electron chi connectivity index (χ4n) is 2.43. The second kappa shape index (κ2) is 5.19. The zero-order chi connectivity index (χ0) is 13.4.